The van der Waals surface area contributed by atoms with Gasteiger partial charge in [-0.05, 0) is 46.6 Å². The van der Waals surface area contributed by atoms with Gasteiger partial charge >= 0.3 is 11.7 Å². The molecule has 0 aromatic carbocycles. The minimum absolute atomic E-state index is 0.263. The van der Waals surface area contributed by atoms with Gasteiger partial charge in [-0.3, -0.25) is 9.36 Å². The molecule has 1 aromatic heterocycles. The average molecular weight is 252 g/mol. The summed E-state index contributed by atoms with van der Waals surface area (Å²) in [4.78, 5) is 26.5. The number of nitrogens with zero attached hydrogens (tertiary/aromatic N) is 2. The summed E-state index contributed by atoms with van der Waals surface area (Å²) in [6, 6.07) is 1.85. The lowest BCUT2D eigenvalue weighted by molar-refractivity contribution is -0.147. The fourth-order valence-corrected chi connectivity index (χ4v) is 1.83. The van der Waals surface area contributed by atoms with Gasteiger partial charge in [-0.2, -0.15) is 4.98 Å². The molecule has 100 valence electrons. The van der Waals surface area contributed by atoms with Crippen molar-refractivity contribution in [2.24, 2.45) is 5.41 Å². The summed E-state index contributed by atoms with van der Waals surface area (Å²) in [6.07, 6.45) is 1.17. The maximum Gasteiger partial charge on any atom is 0.347 e. The van der Waals surface area contributed by atoms with E-state index in [1.807, 2.05) is 13.0 Å². The molecule has 0 amide bonds. The molecule has 0 saturated heterocycles. The van der Waals surface area contributed by atoms with Gasteiger partial charge in [-0.1, -0.05) is 0 Å². The molecular formula is C13H20N2O3. The second kappa shape index (κ2) is 5.33. The molecule has 0 fully saturated rings. The summed E-state index contributed by atoms with van der Waals surface area (Å²) in [7, 11) is 0. The highest BCUT2D eigenvalue weighted by molar-refractivity contribution is 5.73. The highest BCUT2D eigenvalue weighted by Gasteiger charge is 2.26. The zero-order valence-electron chi connectivity index (χ0n) is 11.4. The summed E-state index contributed by atoms with van der Waals surface area (Å²) >= 11 is 0. The van der Waals surface area contributed by atoms with Crippen LogP contribution < -0.4 is 5.69 Å². The van der Waals surface area contributed by atoms with E-state index in [0.717, 1.165) is 5.69 Å². The number of rotatable bonds is 5. The van der Waals surface area contributed by atoms with Crippen LogP contribution in [0.2, 0.25) is 0 Å². The smallest absolute Gasteiger partial charge is 0.347 e. The quantitative estimate of drug-likeness (QED) is 0.866. The Hall–Kier alpha value is -1.65. The Kier molecular flexibility index (Phi) is 4.27. The van der Waals surface area contributed by atoms with Crippen LogP contribution in [0.15, 0.2) is 10.9 Å². The molecule has 1 heterocycles. The minimum atomic E-state index is -0.811. The molecule has 0 radical (unpaired) electrons. The van der Waals surface area contributed by atoms with E-state index in [2.05, 4.69) is 4.98 Å². The molecule has 1 aromatic rings. The van der Waals surface area contributed by atoms with E-state index in [0.29, 0.717) is 25.1 Å². The lowest BCUT2D eigenvalue weighted by Gasteiger charge is -2.19. The largest absolute Gasteiger partial charge is 0.481 e. The normalized spacial score (nSPS) is 11.6. The number of aromatic nitrogens is 2. The van der Waals surface area contributed by atoms with Crippen molar-refractivity contribution in [3.8, 4) is 0 Å². The van der Waals surface area contributed by atoms with Crippen molar-refractivity contribution in [2.45, 2.75) is 47.1 Å². The molecule has 0 unspecified atom stereocenters. The number of carboxylic acids is 1. The van der Waals surface area contributed by atoms with Gasteiger partial charge in [0.2, 0.25) is 0 Å². The third-order valence-electron chi connectivity index (χ3n) is 3.11. The van der Waals surface area contributed by atoms with Gasteiger partial charge in [0, 0.05) is 17.9 Å². The molecule has 0 spiro atoms. The second-order valence-corrected chi connectivity index (χ2v) is 5.27. The lowest BCUT2D eigenvalue weighted by atomic mass is 9.88. The van der Waals surface area contributed by atoms with E-state index in [9.17, 15) is 9.59 Å². The lowest BCUT2D eigenvalue weighted by Crippen LogP contribution is -2.28. The van der Waals surface area contributed by atoms with Crippen molar-refractivity contribution in [1.82, 2.24) is 9.55 Å². The van der Waals surface area contributed by atoms with Crippen molar-refractivity contribution in [3.05, 3.63) is 27.9 Å². The first-order valence-corrected chi connectivity index (χ1v) is 6.02. The Morgan fingerprint density at radius 2 is 2.06 bits per heavy atom. The Labute approximate surface area is 106 Å². The van der Waals surface area contributed by atoms with Crippen LogP contribution in [0.5, 0.6) is 0 Å². The fraction of sp³-hybridized carbons (Fsp3) is 0.615. The van der Waals surface area contributed by atoms with E-state index in [4.69, 9.17) is 5.11 Å². The third-order valence-corrected chi connectivity index (χ3v) is 3.11. The predicted molar refractivity (Wildman–Crippen MR) is 68.6 cm³/mol. The molecule has 0 bridgehead atoms. The fourth-order valence-electron chi connectivity index (χ4n) is 1.83. The molecule has 0 aliphatic heterocycles. The van der Waals surface area contributed by atoms with E-state index < -0.39 is 11.4 Å². The number of hydrogen-bond acceptors (Lipinski definition) is 3. The van der Waals surface area contributed by atoms with Gasteiger partial charge in [0.1, 0.15) is 0 Å². The van der Waals surface area contributed by atoms with Crippen molar-refractivity contribution >= 4 is 5.97 Å². The zero-order chi connectivity index (χ0) is 13.9. The van der Waals surface area contributed by atoms with Gasteiger partial charge in [0.25, 0.3) is 0 Å². The number of carbonyl (C=O) groups is 1. The topological polar surface area (TPSA) is 72.2 Å². The molecule has 0 atom stereocenters. The Balaban J connectivity index is 2.71. The Morgan fingerprint density at radius 3 is 2.56 bits per heavy atom. The molecular weight excluding hydrogens is 232 g/mol. The van der Waals surface area contributed by atoms with E-state index in [1.54, 1.807) is 25.3 Å². The van der Waals surface area contributed by atoms with Gasteiger partial charge in [-0.15, -0.1) is 0 Å². The van der Waals surface area contributed by atoms with Crippen LogP contribution in [0, 0.1) is 19.3 Å². The highest BCUT2D eigenvalue weighted by Crippen LogP contribution is 2.22. The summed E-state index contributed by atoms with van der Waals surface area (Å²) < 4.78 is 1.59. The summed E-state index contributed by atoms with van der Waals surface area (Å²) in [6.45, 7) is 7.54. The zero-order valence-corrected chi connectivity index (χ0v) is 11.4. The monoisotopic (exact) mass is 252 g/mol. The van der Waals surface area contributed by atoms with E-state index in [1.165, 1.54) is 0 Å². The van der Waals surface area contributed by atoms with E-state index >= 15 is 0 Å². The molecule has 1 rings (SSSR count). The first kappa shape index (κ1) is 14.4. The van der Waals surface area contributed by atoms with Crippen LogP contribution >= 0.6 is 0 Å². The Bertz CT molecular complexity index is 503. The molecule has 0 aliphatic carbocycles. The predicted octanol–water partition coefficient (Wildman–Crippen LogP) is 1.75. The highest BCUT2D eigenvalue weighted by atomic mass is 16.4. The molecule has 1 N–H and O–H groups in total. The summed E-state index contributed by atoms with van der Waals surface area (Å²) in [5.41, 5.74) is 0.552. The number of carboxylic acid groups (broad SMARTS) is 1. The van der Waals surface area contributed by atoms with Crippen molar-refractivity contribution < 1.29 is 9.90 Å². The minimum Gasteiger partial charge on any atom is -0.481 e. The molecule has 0 aliphatic rings. The van der Waals surface area contributed by atoms with Crippen LogP contribution in [0.4, 0.5) is 0 Å². The van der Waals surface area contributed by atoms with Crippen LogP contribution in [0.25, 0.3) is 0 Å². The Morgan fingerprint density at radius 1 is 1.44 bits per heavy atom. The van der Waals surface area contributed by atoms with Crippen LogP contribution in [-0.4, -0.2) is 20.6 Å². The molecule has 5 nitrogen and oxygen atoms in total. The van der Waals surface area contributed by atoms with E-state index in [-0.39, 0.29) is 5.69 Å². The maximum atomic E-state index is 11.7. The summed E-state index contributed by atoms with van der Waals surface area (Å²) in [5.74, 6) is -0.811. The standard InChI is InChI=1S/C13H20N2O3/c1-9-8-10(2)15(12(18)14-9)7-5-6-13(3,4)11(16)17/h8H,5-7H2,1-4H3,(H,16,17). The molecule has 0 saturated carbocycles. The van der Waals surface area contributed by atoms with Gasteiger partial charge in [0.15, 0.2) is 0 Å². The van der Waals surface area contributed by atoms with Crippen molar-refractivity contribution in [2.75, 3.05) is 0 Å². The first-order chi connectivity index (χ1) is 8.24. The van der Waals surface area contributed by atoms with Crippen LogP contribution in [0.1, 0.15) is 38.1 Å². The number of aryl methyl sites for hydroxylation is 2. The van der Waals surface area contributed by atoms with Crippen LogP contribution in [0.3, 0.4) is 0 Å². The van der Waals surface area contributed by atoms with Crippen LogP contribution in [-0.2, 0) is 11.3 Å². The van der Waals surface area contributed by atoms with Crippen molar-refractivity contribution in [3.63, 3.8) is 0 Å². The molecule has 18 heavy (non-hydrogen) atoms. The number of hydrogen-bond donors (Lipinski definition) is 1. The SMILES string of the molecule is Cc1cc(C)n(CCCC(C)(C)C(=O)O)c(=O)n1. The third kappa shape index (κ3) is 3.42. The maximum absolute atomic E-state index is 11.7. The average Bonchev–Trinajstić information content (AvgIpc) is 2.21. The second-order valence-electron chi connectivity index (χ2n) is 5.27. The van der Waals surface area contributed by atoms with Gasteiger partial charge in [-0.25, -0.2) is 4.79 Å². The van der Waals surface area contributed by atoms with Crippen molar-refractivity contribution in [1.29, 1.82) is 0 Å². The van der Waals surface area contributed by atoms with Gasteiger partial charge in [0.05, 0.1) is 5.41 Å². The number of aliphatic carboxylic acids is 1. The van der Waals surface area contributed by atoms with Gasteiger partial charge < -0.3 is 5.11 Å². The first-order valence-electron chi connectivity index (χ1n) is 6.02. The summed E-state index contributed by atoms with van der Waals surface area (Å²) in [5, 5.41) is 9.00. The molecule has 5 heteroatoms.